The highest BCUT2D eigenvalue weighted by Gasteiger charge is 2.16. The summed E-state index contributed by atoms with van der Waals surface area (Å²) in [6.45, 7) is 2.88. The largest absolute Gasteiger partial charge is 0.497 e. The third kappa shape index (κ3) is 3.74. The zero-order valence-corrected chi connectivity index (χ0v) is 16.5. The fraction of sp³-hybridized carbons (Fsp3) is 0.222. The second-order valence-electron chi connectivity index (χ2n) is 5.56. The molecular weight excluding hydrogens is 382 g/mol. The van der Waals surface area contributed by atoms with E-state index in [1.54, 1.807) is 18.4 Å². The first-order valence-corrected chi connectivity index (χ1v) is 10.2. The number of benzene rings is 1. The monoisotopic (exact) mass is 399 g/mol. The van der Waals surface area contributed by atoms with Gasteiger partial charge in [-0.2, -0.15) is 4.98 Å². The molecule has 0 aliphatic heterocycles. The molecule has 1 aromatic carbocycles. The molecular formula is C18H17N5O2S2. The molecule has 138 valence electrons. The fourth-order valence-electron chi connectivity index (χ4n) is 2.57. The first-order valence-electron chi connectivity index (χ1n) is 8.35. The quantitative estimate of drug-likeness (QED) is 0.427. The van der Waals surface area contributed by atoms with Gasteiger partial charge in [-0.15, -0.1) is 21.5 Å². The molecule has 0 aliphatic carbocycles. The van der Waals surface area contributed by atoms with E-state index in [2.05, 4.69) is 37.9 Å². The summed E-state index contributed by atoms with van der Waals surface area (Å²) >= 11 is 3.19. The lowest BCUT2D eigenvalue weighted by Crippen LogP contribution is -1.99. The second kappa shape index (κ2) is 7.93. The van der Waals surface area contributed by atoms with Gasteiger partial charge in [0.15, 0.2) is 11.0 Å². The Bertz CT molecular complexity index is 1010. The van der Waals surface area contributed by atoms with Crippen LogP contribution in [0.1, 0.15) is 12.8 Å². The number of ether oxygens (including phenoxy) is 1. The maximum absolute atomic E-state index is 5.38. The number of hydrogen-bond donors (Lipinski definition) is 0. The fourth-order valence-corrected chi connectivity index (χ4v) is 4.12. The molecule has 0 unspecified atom stereocenters. The van der Waals surface area contributed by atoms with Gasteiger partial charge in [-0.1, -0.05) is 23.0 Å². The molecule has 0 fully saturated rings. The summed E-state index contributed by atoms with van der Waals surface area (Å²) in [5.74, 6) is 3.32. The van der Waals surface area contributed by atoms with Crippen LogP contribution in [-0.2, 0) is 12.3 Å². The average Bonchev–Trinajstić information content (AvgIpc) is 3.46. The summed E-state index contributed by atoms with van der Waals surface area (Å²) < 4.78 is 12.6. The second-order valence-corrected chi connectivity index (χ2v) is 7.45. The molecule has 4 aromatic rings. The number of rotatable bonds is 7. The predicted molar refractivity (Wildman–Crippen MR) is 105 cm³/mol. The summed E-state index contributed by atoms with van der Waals surface area (Å²) in [4.78, 5) is 5.58. The van der Waals surface area contributed by atoms with Crippen LogP contribution in [0.25, 0.3) is 22.1 Å². The maximum Gasteiger partial charge on any atom is 0.237 e. The van der Waals surface area contributed by atoms with Gasteiger partial charge in [-0.05, 0) is 42.6 Å². The predicted octanol–water partition coefficient (Wildman–Crippen LogP) is 4.38. The minimum atomic E-state index is 0.533. The zero-order valence-electron chi connectivity index (χ0n) is 14.8. The van der Waals surface area contributed by atoms with Crippen LogP contribution in [0.3, 0.4) is 0 Å². The van der Waals surface area contributed by atoms with Crippen molar-refractivity contribution in [1.82, 2.24) is 24.9 Å². The SMILES string of the molecule is CCn1c(SCc2nc(-c3ccc(OC)cc3)no2)nnc1-c1cccs1. The van der Waals surface area contributed by atoms with Crippen molar-refractivity contribution >= 4 is 23.1 Å². The molecule has 0 aliphatic rings. The van der Waals surface area contributed by atoms with Crippen LogP contribution >= 0.6 is 23.1 Å². The van der Waals surface area contributed by atoms with Gasteiger partial charge in [-0.25, -0.2) is 0 Å². The van der Waals surface area contributed by atoms with Crippen LogP contribution in [0, 0.1) is 0 Å². The molecule has 0 saturated carbocycles. The van der Waals surface area contributed by atoms with E-state index in [1.165, 1.54) is 11.8 Å². The van der Waals surface area contributed by atoms with Crippen LogP contribution < -0.4 is 4.74 Å². The van der Waals surface area contributed by atoms with Gasteiger partial charge in [0, 0.05) is 12.1 Å². The van der Waals surface area contributed by atoms with Crippen molar-refractivity contribution < 1.29 is 9.26 Å². The summed E-state index contributed by atoms with van der Waals surface area (Å²) in [5, 5.41) is 15.6. The van der Waals surface area contributed by atoms with Crippen molar-refractivity contribution in [2.24, 2.45) is 0 Å². The van der Waals surface area contributed by atoms with Gasteiger partial charge in [0.1, 0.15) is 5.75 Å². The van der Waals surface area contributed by atoms with E-state index in [0.29, 0.717) is 17.5 Å². The summed E-state index contributed by atoms with van der Waals surface area (Å²) in [7, 11) is 1.64. The summed E-state index contributed by atoms with van der Waals surface area (Å²) in [6, 6.07) is 11.6. The molecule has 0 N–H and O–H groups in total. The van der Waals surface area contributed by atoms with Crippen molar-refractivity contribution in [1.29, 1.82) is 0 Å². The Hall–Kier alpha value is -2.65. The zero-order chi connectivity index (χ0) is 18.6. The van der Waals surface area contributed by atoms with E-state index in [1.807, 2.05) is 35.7 Å². The van der Waals surface area contributed by atoms with Gasteiger partial charge >= 0.3 is 0 Å². The van der Waals surface area contributed by atoms with Crippen molar-refractivity contribution in [2.75, 3.05) is 7.11 Å². The van der Waals surface area contributed by atoms with Gasteiger partial charge in [0.25, 0.3) is 0 Å². The molecule has 4 rings (SSSR count). The molecule has 0 radical (unpaired) electrons. The number of nitrogens with zero attached hydrogens (tertiary/aromatic N) is 5. The van der Waals surface area contributed by atoms with Crippen LogP contribution in [0.4, 0.5) is 0 Å². The first kappa shape index (κ1) is 17.7. The van der Waals surface area contributed by atoms with Gasteiger partial charge in [0.05, 0.1) is 17.7 Å². The molecule has 0 bridgehead atoms. The van der Waals surface area contributed by atoms with Gasteiger partial charge < -0.3 is 13.8 Å². The highest BCUT2D eigenvalue weighted by atomic mass is 32.2. The average molecular weight is 400 g/mol. The van der Waals surface area contributed by atoms with Gasteiger partial charge in [0.2, 0.25) is 11.7 Å². The highest BCUT2D eigenvalue weighted by Crippen LogP contribution is 2.29. The maximum atomic E-state index is 5.38. The summed E-state index contributed by atoms with van der Waals surface area (Å²) in [6.07, 6.45) is 0. The molecule has 0 amide bonds. The van der Waals surface area contributed by atoms with E-state index in [9.17, 15) is 0 Å². The Morgan fingerprint density at radius 1 is 1.19 bits per heavy atom. The minimum Gasteiger partial charge on any atom is -0.497 e. The molecule has 0 atom stereocenters. The molecule has 3 heterocycles. The molecule has 7 nitrogen and oxygen atoms in total. The topological polar surface area (TPSA) is 78.9 Å². The van der Waals surface area contributed by atoms with Gasteiger partial charge in [-0.3, -0.25) is 0 Å². The molecule has 0 saturated heterocycles. The van der Waals surface area contributed by atoms with Crippen molar-refractivity contribution in [3.8, 4) is 27.8 Å². The van der Waals surface area contributed by atoms with Crippen molar-refractivity contribution in [2.45, 2.75) is 24.4 Å². The normalized spacial score (nSPS) is 11.0. The Kier molecular flexibility index (Phi) is 5.21. The van der Waals surface area contributed by atoms with Crippen LogP contribution in [0.2, 0.25) is 0 Å². The van der Waals surface area contributed by atoms with E-state index < -0.39 is 0 Å². The molecule has 9 heteroatoms. The third-order valence-corrected chi connectivity index (χ3v) is 5.73. The standard InChI is InChI=1S/C18H17N5O2S2/c1-3-23-17(14-5-4-10-26-14)20-21-18(23)27-11-15-19-16(22-25-15)12-6-8-13(24-2)9-7-12/h4-10H,3,11H2,1-2H3. The minimum absolute atomic E-state index is 0.533. The lowest BCUT2D eigenvalue weighted by Gasteiger charge is -2.04. The van der Waals surface area contributed by atoms with Crippen LogP contribution in [0.5, 0.6) is 5.75 Å². The highest BCUT2D eigenvalue weighted by molar-refractivity contribution is 7.98. The Morgan fingerprint density at radius 2 is 2.04 bits per heavy atom. The van der Waals surface area contributed by atoms with E-state index in [4.69, 9.17) is 9.26 Å². The van der Waals surface area contributed by atoms with E-state index >= 15 is 0 Å². The van der Waals surface area contributed by atoms with Crippen LogP contribution in [0.15, 0.2) is 51.5 Å². The van der Waals surface area contributed by atoms with Crippen LogP contribution in [-0.4, -0.2) is 32.0 Å². The lowest BCUT2D eigenvalue weighted by atomic mass is 10.2. The Balaban J connectivity index is 1.47. The molecule has 27 heavy (non-hydrogen) atoms. The Labute approximate surface area is 164 Å². The number of methoxy groups -OCH3 is 1. The number of thioether (sulfide) groups is 1. The first-order chi connectivity index (χ1) is 13.3. The van der Waals surface area contributed by atoms with Crippen molar-refractivity contribution in [3.63, 3.8) is 0 Å². The van der Waals surface area contributed by atoms with E-state index in [0.717, 1.165) is 33.7 Å². The number of aromatic nitrogens is 5. The third-order valence-electron chi connectivity index (χ3n) is 3.92. The smallest absolute Gasteiger partial charge is 0.237 e. The lowest BCUT2D eigenvalue weighted by molar-refractivity contribution is 0.391. The number of hydrogen-bond acceptors (Lipinski definition) is 8. The Morgan fingerprint density at radius 3 is 2.74 bits per heavy atom. The van der Waals surface area contributed by atoms with Crippen molar-refractivity contribution in [3.05, 3.63) is 47.7 Å². The van der Waals surface area contributed by atoms with E-state index in [-0.39, 0.29) is 0 Å². The summed E-state index contributed by atoms with van der Waals surface area (Å²) in [5.41, 5.74) is 0.882. The molecule has 0 spiro atoms. The number of thiophene rings is 1. The molecule has 3 aromatic heterocycles.